The quantitative estimate of drug-likeness (QED) is 0.737. The lowest BCUT2D eigenvalue weighted by atomic mass is 10.1. The van der Waals surface area contributed by atoms with Crippen molar-refractivity contribution in [3.63, 3.8) is 0 Å². The topological polar surface area (TPSA) is 47.6 Å². The van der Waals surface area contributed by atoms with Crippen LogP contribution in [0.2, 0.25) is 5.02 Å². The Bertz CT molecular complexity index is 800. The predicted molar refractivity (Wildman–Crippen MR) is 103 cm³/mol. The Morgan fingerprint density at radius 1 is 1.24 bits per heavy atom. The van der Waals surface area contributed by atoms with E-state index in [0.717, 1.165) is 22.4 Å². The zero-order valence-corrected chi connectivity index (χ0v) is 15.6. The highest BCUT2D eigenvalue weighted by Crippen LogP contribution is 2.36. The number of hydrogen-bond acceptors (Lipinski definition) is 3. The van der Waals surface area contributed by atoms with Gasteiger partial charge in [0.25, 0.3) is 0 Å². The molecule has 1 amide bonds. The lowest BCUT2D eigenvalue weighted by Gasteiger charge is -2.11. The summed E-state index contributed by atoms with van der Waals surface area (Å²) >= 11 is 6.21. The van der Waals surface area contributed by atoms with Crippen molar-refractivity contribution in [2.75, 3.05) is 19.0 Å². The van der Waals surface area contributed by atoms with Crippen molar-refractivity contribution in [2.24, 2.45) is 0 Å². The molecule has 5 heteroatoms. The molecule has 1 N–H and O–H groups in total. The lowest BCUT2D eigenvalue weighted by Crippen LogP contribution is -2.09. The van der Waals surface area contributed by atoms with Gasteiger partial charge >= 0.3 is 0 Å². The van der Waals surface area contributed by atoms with E-state index in [1.54, 1.807) is 18.2 Å². The van der Waals surface area contributed by atoms with E-state index in [1.165, 1.54) is 13.2 Å². The average Bonchev–Trinajstić information content (AvgIpc) is 2.56. The Labute approximate surface area is 153 Å². The number of anilines is 1. The van der Waals surface area contributed by atoms with Crippen LogP contribution in [0.25, 0.3) is 6.08 Å². The highest BCUT2D eigenvalue weighted by Gasteiger charge is 2.10. The zero-order valence-electron chi connectivity index (χ0n) is 14.9. The van der Waals surface area contributed by atoms with Crippen molar-refractivity contribution in [1.29, 1.82) is 0 Å². The van der Waals surface area contributed by atoms with Crippen LogP contribution in [0.5, 0.6) is 11.5 Å². The van der Waals surface area contributed by atoms with Crippen molar-refractivity contribution in [3.8, 4) is 11.5 Å². The minimum Gasteiger partial charge on any atom is -0.491 e. The molecule has 0 bridgehead atoms. The Kier molecular flexibility index (Phi) is 6.48. The summed E-state index contributed by atoms with van der Waals surface area (Å²) < 4.78 is 10.8. The van der Waals surface area contributed by atoms with Gasteiger partial charge in [0.05, 0.1) is 18.7 Å². The molecule has 0 aromatic heterocycles. The number of hydrogen-bond donors (Lipinski definition) is 1. The van der Waals surface area contributed by atoms with Crippen LogP contribution >= 0.6 is 11.6 Å². The molecule has 0 saturated heterocycles. The van der Waals surface area contributed by atoms with Gasteiger partial charge in [0.2, 0.25) is 5.91 Å². The van der Waals surface area contributed by atoms with Crippen LogP contribution in [0.3, 0.4) is 0 Å². The first-order chi connectivity index (χ1) is 11.9. The minimum absolute atomic E-state index is 0.211. The summed E-state index contributed by atoms with van der Waals surface area (Å²) in [6.07, 6.45) is 3.15. The van der Waals surface area contributed by atoms with Crippen LogP contribution < -0.4 is 14.8 Å². The molecule has 2 rings (SSSR count). The molecule has 0 heterocycles. The first-order valence-electron chi connectivity index (χ1n) is 8.01. The monoisotopic (exact) mass is 359 g/mol. The summed E-state index contributed by atoms with van der Waals surface area (Å²) in [4.78, 5) is 12.2. The second kappa shape index (κ2) is 8.58. The number of carbonyl (C=O) groups is 1. The Morgan fingerprint density at radius 2 is 2.00 bits per heavy atom. The van der Waals surface area contributed by atoms with E-state index in [9.17, 15) is 4.79 Å². The van der Waals surface area contributed by atoms with E-state index in [1.807, 2.05) is 39.0 Å². The molecule has 0 fully saturated rings. The third kappa shape index (κ3) is 5.00. The summed E-state index contributed by atoms with van der Waals surface area (Å²) in [7, 11) is 1.54. The highest BCUT2D eigenvalue weighted by atomic mass is 35.5. The molecule has 25 heavy (non-hydrogen) atoms. The normalized spacial score (nSPS) is 10.8. The number of nitrogens with one attached hydrogen (secondary N) is 1. The first-order valence-corrected chi connectivity index (χ1v) is 8.39. The standard InChI is InChI=1S/C20H22ClNO3/c1-5-25-18-12-15(11-16(21)20(18)24-4)7-9-19(23)22-17-8-6-13(2)10-14(17)3/h6-12H,5H2,1-4H3,(H,22,23)/b9-7+. The summed E-state index contributed by atoms with van der Waals surface area (Å²) in [5, 5.41) is 3.30. The second-order valence-corrected chi connectivity index (χ2v) is 6.02. The maximum atomic E-state index is 12.2. The van der Waals surface area contributed by atoms with E-state index in [4.69, 9.17) is 21.1 Å². The van der Waals surface area contributed by atoms with Gasteiger partial charge in [-0.2, -0.15) is 0 Å². The lowest BCUT2D eigenvalue weighted by molar-refractivity contribution is -0.111. The maximum Gasteiger partial charge on any atom is 0.248 e. The molecule has 0 spiro atoms. The predicted octanol–water partition coefficient (Wildman–Crippen LogP) is 5.02. The maximum absolute atomic E-state index is 12.2. The van der Waals surface area contributed by atoms with E-state index in [0.29, 0.717) is 23.1 Å². The number of aryl methyl sites for hydroxylation is 2. The molecule has 0 radical (unpaired) electrons. The minimum atomic E-state index is -0.211. The van der Waals surface area contributed by atoms with Gasteiger partial charge in [-0.05, 0) is 56.2 Å². The molecule has 0 saturated carbocycles. The highest BCUT2D eigenvalue weighted by molar-refractivity contribution is 6.32. The summed E-state index contributed by atoms with van der Waals surface area (Å²) in [6, 6.07) is 9.40. The molecule has 4 nitrogen and oxygen atoms in total. The average molecular weight is 360 g/mol. The van der Waals surface area contributed by atoms with E-state index in [2.05, 4.69) is 5.32 Å². The SMILES string of the molecule is CCOc1cc(/C=C/C(=O)Nc2ccc(C)cc2C)cc(Cl)c1OC. The first kappa shape index (κ1) is 18.9. The molecule has 0 aliphatic heterocycles. The largest absolute Gasteiger partial charge is 0.491 e. The van der Waals surface area contributed by atoms with Gasteiger partial charge in [-0.25, -0.2) is 0 Å². The number of halogens is 1. The van der Waals surface area contributed by atoms with E-state index in [-0.39, 0.29) is 5.91 Å². The van der Waals surface area contributed by atoms with Crippen molar-refractivity contribution >= 4 is 29.3 Å². The number of methoxy groups -OCH3 is 1. The number of amides is 1. The van der Waals surface area contributed by atoms with Crippen molar-refractivity contribution in [1.82, 2.24) is 0 Å². The van der Waals surface area contributed by atoms with Crippen LogP contribution in [-0.2, 0) is 4.79 Å². The van der Waals surface area contributed by atoms with Crippen molar-refractivity contribution in [3.05, 3.63) is 58.1 Å². The Morgan fingerprint density at radius 3 is 2.64 bits per heavy atom. The molecule has 132 valence electrons. The van der Waals surface area contributed by atoms with Crippen LogP contribution in [0.4, 0.5) is 5.69 Å². The summed E-state index contributed by atoms with van der Waals surface area (Å²) in [5.74, 6) is 0.823. The summed E-state index contributed by atoms with van der Waals surface area (Å²) in [6.45, 7) is 6.35. The van der Waals surface area contributed by atoms with Crippen LogP contribution in [0.1, 0.15) is 23.6 Å². The summed E-state index contributed by atoms with van der Waals surface area (Å²) in [5.41, 5.74) is 3.73. The van der Waals surface area contributed by atoms with Crippen LogP contribution in [-0.4, -0.2) is 19.6 Å². The number of carbonyl (C=O) groups excluding carboxylic acids is 1. The van der Waals surface area contributed by atoms with E-state index < -0.39 is 0 Å². The smallest absolute Gasteiger partial charge is 0.248 e. The van der Waals surface area contributed by atoms with Gasteiger partial charge in [-0.15, -0.1) is 0 Å². The molecule has 2 aromatic carbocycles. The third-order valence-electron chi connectivity index (χ3n) is 3.60. The third-order valence-corrected chi connectivity index (χ3v) is 3.88. The van der Waals surface area contributed by atoms with Gasteiger partial charge in [-0.1, -0.05) is 29.3 Å². The van der Waals surface area contributed by atoms with Gasteiger partial charge in [0, 0.05) is 11.8 Å². The number of benzene rings is 2. The van der Waals surface area contributed by atoms with Gasteiger partial charge < -0.3 is 14.8 Å². The second-order valence-electron chi connectivity index (χ2n) is 5.61. The molecule has 0 unspecified atom stereocenters. The van der Waals surface area contributed by atoms with Gasteiger partial charge in [-0.3, -0.25) is 4.79 Å². The van der Waals surface area contributed by atoms with Gasteiger partial charge in [0.15, 0.2) is 11.5 Å². The zero-order chi connectivity index (χ0) is 18.4. The number of ether oxygens (including phenoxy) is 2. The molecule has 0 atom stereocenters. The molecule has 2 aromatic rings. The molecule has 0 aliphatic carbocycles. The van der Waals surface area contributed by atoms with Crippen molar-refractivity contribution in [2.45, 2.75) is 20.8 Å². The fourth-order valence-corrected chi connectivity index (χ4v) is 2.74. The van der Waals surface area contributed by atoms with Gasteiger partial charge in [0.1, 0.15) is 0 Å². The van der Waals surface area contributed by atoms with Crippen molar-refractivity contribution < 1.29 is 14.3 Å². The molecule has 0 aliphatic rings. The number of rotatable bonds is 6. The molecular formula is C20H22ClNO3. The van der Waals surface area contributed by atoms with Crippen LogP contribution in [0, 0.1) is 13.8 Å². The van der Waals surface area contributed by atoms with Crippen LogP contribution in [0.15, 0.2) is 36.4 Å². The Balaban J connectivity index is 2.16. The fourth-order valence-electron chi connectivity index (χ4n) is 2.45. The fraction of sp³-hybridized carbons (Fsp3) is 0.250. The Hall–Kier alpha value is -2.46. The van der Waals surface area contributed by atoms with E-state index >= 15 is 0 Å². The molecular weight excluding hydrogens is 338 g/mol.